The summed E-state index contributed by atoms with van der Waals surface area (Å²) in [6.07, 6.45) is 4.43. The first-order valence-corrected chi connectivity index (χ1v) is 5.70. The molecule has 84 valence electrons. The highest BCUT2D eigenvalue weighted by Gasteiger charge is 2.33. The number of nitriles is 1. The van der Waals surface area contributed by atoms with Gasteiger partial charge in [0.15, 0.2) is 0 Å². The summed E-state index contributed by atoms with van der Waals surface area (Å²) in [5.41, 5.74) is -0.0684. The van der Waals surface area contributed by atoms with Gasteiger partial charge in [0.2, 0.25) is 5.91 Å². The van der Waals surface area contributed by atoms with E-state index in [0.29, 0.717) is 0 Å². The minimum atomic E-state index is -0.512. The first-order chi connectivity index (χ1) is 6.98. The Hall–Kier alpha value is -1.04. The van der Waals surface area contributed by atoms with Crippen molar-refractivity contribution >= 4 is 5.91 Å². The van der Waals surface area contributed by atoms with E-state index in [1.807, 2.05) is 13.8 Å². The Morgan fingerprint density at radius 2 is 1.93 bits per heavy atom. The third kappa shape index (κ3) is 2.95. The lowest BCUT2D eigenvalue weighted by molar-refractivity contribution is -0.126. The molecule has 0 radical (unpaired) electrons. The zero-order chi connectivity index (χ0) is 11.5. The third-order valence-corrected chi connectivity index (χ3v) is 3.22. The van der Waals surface area contributed by atoms with Gasteiger partial charge in [-0.2, -0.15) is 5.26 Å². The lowest BCUT2D eigenvalue weighted by atomic mass is 9.93. The van der Waals surface area contributed by atoms with E-state index >= 15 is 0 Å². The van der Waals surface area contributed by atoms with Crippen molar-refractivity contribution < 1.29 is 4.79 Å². The Labute approximate surface area is 91.9 Å². The summed E-state index contributed by atoms with van der Waals surface area (Å²) in [7, 11) is 0. The molecule has 0 saturated heterocycles. The smallest absolute Gasteiger partial charge is 0.238 e. The molecule has 1 rings (SSSR count). The van der Waals surface area contributed by atoms with Crippen LogP contribution in [0.5, 0.6) is 0 Å². The maximum absolute atomic E-state index is 11.8. The van der Waals surface area contributed by atoms with Crippen LogP contribution in [-0.2, 0) is 4.79 Å². The van der Waals surface area contributed by atoms with Gasteiger partial charge >= 0.3 is 0 Å². The molecule has 1 aliphatic carbocycles. The van der Waals surface area contributed by atoms with Crippen molar-refractivity contribution in [1.29, 1.82) is 5.26 Å². The fraction of sp³-hybridized carbons (Fsp3) is 0.833. The normalized spacial score (nSPS) is 21.0. The van der Waals surface area contributed by atoms with Crippen LogP contribution in [0.25, 0.3) is 0 Å². The van der Waals surface area contributed by atoms with E-state index in [1.165, 1.54) is 12.8 Å². The second kappa shape index (κ2) is 4.65. The van der Waals surface area contributed by atoms with Gasteiger partial charge in [0.25, 0.3) is 0 Å². The van der Waals surface area contributed by atoms with Crippen LogP contribution in [0.1, 0.15) is 46.5 Å². The Bertz CT molecular complexity index is 272. The minimum absolute atomic E-state index is 0.0684. The van der Waals surface area contributed by atoms with E-state index in [2.05, 4.69) is 18.3 Å². The van der Waals surface area contributed by atoms with Gasteiger partial charge in [-0.3, -0.25) is 4.79 Å². The minimum Gasteiger partial charge on any atom is -0.350 e. The number of carbonyl (C=O) groups is 1. The quantitative estimate of drug-likeness (QED) is 0.773. The molecule has 1 saturated carbocycles. The average molecular weight is 208 g/mol. The van der Waals surface area contributed by atoms with Crippen molar-refractivity contribution in [3.8, 4) is 6.07 Å². The van der Waals surface area contributed by atoms with E-state index in [-0.39, 0.29) is 17.4 Å². The van der Waals surface area contributed by atoms with Gasteiger partial charge in [-0.05, 0) is 25.7 Å². The van der Waals surface area contributed by atoms with E-state index in [1.54, 1.807) is 0 Å². The van der Waals surface area contributed by atoms with Crippen LogP contribution in [0.15, 0.2) is 0 Å². The largest absolute Gasteiger partial charge is 0.350 e. The van der Waals surface area contributed by atoms with Crippen LogP contribution in [0.2, 0.25) is 0 Å². The van der Waals surface area contributed by atoms with Crippen molar-refractivity contribution in [1.82, 2.24) is 5.32 Å². The summed E-state index contributed by atoms with van der Waals surface area (Å²) in [5, 5.41) is 11.9. The maximum atomic E-state index is 11.8. The molecule has 0 heterocycles. The molecule has 1 N–H and O–H groups in total. The topological polar surface area (TPSA) is 52.9 Å². The highest BCUT2D eigenvalue weighted by Crippen LogP contribution is 2.29. The number of amides is 1. The SMILES string of the molecule is CC(C)C(C#N)C(=O)NC1(C)CCCC1. The molecular formula is C12H20N2O. The number of nitrogens with one attached hydrogen (secondary N) is 1. The second-order valence-corrected chi connectivity index (χ2v) is 5.11. The Morgan fingerprint density at radius 1 is 1.40 bits per heavy atom. The number of hydrogen-bond acceptors (Lipinski definition) is 2. The molecule has 0 aromatic heterocycles. The summed E-state index contributed by atoms with van der Waals surface area (Å²) in [4.78, 5) is 11.8. The Morgan fingerprint density at radius 3 is 2.33 bits per heavy atom. The van der Waals surface area contributed by atoms with Crippen molar-refractivity contribution in [2.75, 3.05) is 0 Å². The zero-order valence-corrected chi connectivity index (χ0v) is 9.84. The van der Waals surface area contributed by atoms with Crippen LogP contribution in [0.4, 0.5) is 0 Å². The zero-order valence-electron chi connectivity index (χ0n) is 9.84. The summed E-state index contributed by atoms with van der Waals surface area (Å²) in [6.45, 7) is 5.89. The van der Waals surface area contributed by atoms with Crippen LogP contribution >= 0.6 is 0 Å². The Kier molecular flexibility index (Phi) is 3.73. The van der Waals surface area contributed by atoms with Crippen LogP contribution in [-0.4, -0.2) is 11.4 Å². The third-order valence-electron chi connectivity index (χ3n) is 3.22. The fourth-order valence-corrected chi connectivity index (χ4v) is 2.17. The maximum Gasteiger partial charge on any atom is 0.238 e. The van der Waals surface area contributed by atoms with Gasteiger partial charge in [0, 0.05) is 5.54 Å². The molecule has 3 heteroatoms. The molecule has 0 aromatic rings. The summed E-state index contributed by atoms with van der Waals surface area (Å²) in [5.74, 6) is -0.528. The lowest BCUT2D eigenvalue weighted by Gasteiger charge is -2.27. The van der Waals surface area contributed by atoms with Crippen molar-refractivity contribution in [3.63, 3.8) is 0 Å². The van der Waals surface area contributed by atoms with E-state index in [0.717, 1.165) is 12.8 Å². The number of hydrogen-bond donors (Lipinski definition) is 1. The second-order valence-electron chi connectivity index (χ2n) is 5.11. The van der Waals surface area contributed by atoms with Crippen molar-refractivity contribution in [2.45, 2.75) is 52.0 Å². The molecule has 0 spiro atoms. The Balaban J connectivity index is 2.58. The lowest BCUT2D eigenvalue weighted by Crippen LogP contribution is -2.47. The molecule has 0 aromatic carbocycles. The number of nitrogens with zero attached hydrogens (tertiary/aromatic N) is 1. The summed E-state index contributed by atoms with van der Waals surface area (Å²) in [6, 6.07) is 2.08. The standard InChI is InChI=1S/C12H20N2O/c1-9(2)10(8-13)11(15)14-12(3)6-4-5-7-12/h9-10H,4-7H2,1-3H3,(H,14,15). The average Bonchev–Trinajstić information content (AvgIpc) is 2.51. The van der Waals surface area contributed by atoms with Gasteiger partial charge in [-0.1, -0.05) is 26.7 Å². The molecule has 0 bridgehead atoms. The van der Waals surface area contributed by atoms with Crippen LogP contribution in [0, 0.1) is 23.2 Å². The molecule has 0 aliphatic heterocycles. The number of carbonyl (C=O) groups excluding carboxylic acids is 1. The molecule has 1 aliphatic rings. The van der Waals surface area contributed by atoms with E-state index in [9.17, 15) is 4.79 Å². The fourth-order valence-electron chi connectivity index (χ4n) is 2.17. The van der Waals surface area contributed by atoms with Gasteiger partial charge in [0.05, 0.1) is 6.07 Å². The predicted molar refractivity (Wildman–Crippen MR) is 59.0 cm³/mol. The van der Waals surface area contributed by atoms with Crippen molar-refractivity contribution in [2.24, 2.45) is 11.8 Å². The molecule has 1 unspecified atom stereocenters. The molecule has 3 nitrogen and oxygen atoms in total. The molecule has 1 amide bonds. The number of rotatable bonds is 3. The summed E-state index contributed by atoms with van der Waals surface area (Å²) >= 11 is 0. The van der Waals surface area contributed by atoms with Gasteiger partial charge < -0.3 is 5.32 Å². The highest BCUT2D eigenvalue weighted by molar-refractivity contribution is 5.82. The highest BCUT2D eigenvalue weighted by atomic mass is 16.2. The molecule has 15 heavy (non-hydrogen) atoms. The first kappa shape index (κ1) is 12.0. The molecule has 1 fully saturated rings. The predicted octanol–water partition coefficient (Wildman–Crippen LogP) is 2.23. The van der Waals surface area contributed by atoms with Gasteiger partial charge in [-0.25, -0.2) is 0 Å². The van der Waals surface area contributed by atoms with E-state index < -0.39 is 5.92 Å². The van der Waals surface area contributed by atoms with Crippen molar-refractivity contribution in [3.05, 3.63) is 0 Å². The van der Waals surface area contributed by atoms with Gasteiger partial charge in [-0.15, -0.1) is 0 Å². The van der Waals surface area contributed by atoms with Crippen LogP contribution in [0.3, 0.4) is 0 Å². The molecule has 1 atom stereocenters. The van der Waals surface area contributed by atoms with Gasteiger partial charge in [0.1, 0.15) is 5.92 Å². The first-order valence-electron chi connectivity index (χ1n) is 5.70. The molecular weight excluding hydrogens is 188 g/mol. The summed E-state index contributed by atoms with van der Waals surface area (Å²) < 4.78 is 0. The van der Waals surface area contributed by atoms with Crippen LogP contribution < -0.4 is 5.32 Å². The monoisotopic (exact) mass is 208 g/mol. The van der Waals surface area contributed by atoms with E-state index in [4.69, 9.17) is 5.26 Å².